The van der Waals surface area contributed by atoms with Crippen molar-refractivity contribution in [1.29, 1.82) is 0 Å². The minimum atomic E-state index is -1.20. The Hall–Kier alpha value is -2.78. The van der Waals surface area contributed by atoms with Crippen molar-refractivity contribution >= 4 is 54.1 Å². The average molecular weight is 519 g/mol. The third kappa shape index (κ3) is 10.4. The van der Waals surface area contributed by atoms with Gasteiger partial charge in [-0.05, 0) is 24.9 Å². The number of nitrogens with one attached hydrogen (secondary N) is 4. The van der Waals surface area contributed by atoms with Crippen LogP contribution in [-0.4, -0.2) is 91.8 Å². The van der Waals surface area contributed by atoms with Crippen molar-refractivity contribution in [3.8, 4) is 0 Å². The van der Waals surface area contributed by atoms with Crippen LogP contribution in [0.3, 0.4) is 0 Å². The molecule has 8 N–H and O–H groups in total. The number of nitrogens with two attached hydrogens (primary N) is 1. The number of imidazole rings is 1. The molecule has 1 rings (SSSR count). The second kappa shape index (κ2) is 15.2. The summed E-state index contributed by atoms with van der Waals surface area (Å²) >= 11 is 5.50. The van der Waals surface area contributed by atoms with Gasteiger partial charge in [-0.3, -0.25) is 19.2 Å². The molecule has 4 atom stereocenters. The Morgan fingerprint density at radius 3 is 2.21 bits per heavy atom. The number of aliphatic carboxylic acids is 2. The van der Waals surface area contributed by atoms with Crippen LogP contribution >= 0.6 is 24.4 Å². The molecule has 1 aromatic heterocycles. The van der Waals surface area contributed by atoms with Crippen LogP contribution in [-0.2, 0) is 30.4 Å². The van der Waals surface area contributed by atoms with E-state index in [0.717, 1.165) is 0 Å². The minimum absolute atomic E-state index is 0.0182. The third-order valence-corrected chi connectivity index (χ3v) is 5.67. The number of carbonyl (C=O) groups excluding carboxylic acids is 3. The second-order valence-electron chi connectivity index (χ2n) is 7.31. The van der Waals surface area contributed by atoms with Crippen molar-refractivity contribution in [3.05, 3.63) is 18.2 Å². The number of aromatic amines is 1. The lowest BCUT2D eigenvalue weighted by Crippen LogP contribution is -2.58. The van der Waals surface area contributed by atoms with E-state index in [1.807, 2.05) is 0 Å². The quantitative estimate of drug-likeness (QED) is 0.117. The van der Waals surface area contributed by atoms with E-state index in [2.05, 4.69) is 38.5 Å². The molecule has 4 unspecified atom stereocenters. The number of hydrogen-bond acceptors (Lipinski definition) is 9. The predicted molar refractivity (Wildman–Crippen MR) is 127 cm³/mol. The van der Waals surface area contributed by atoms with Crippen molar-refractivity contribution in [1.82, 2.24) is 25.9 Å². The van der Waals surface area contributed by atoms with Crippen molar-refractivity contribution in [2.24, 2.45) is 5.73 Å². The normalized spacial score (nSPS) is 14.3. The van der Waals surface area contributed by atoms with Gasteiger partial charge in [0, 0.05) is 30.5 Å². The summed E-state index contributed by atoms with van der Waals surface area (Å²) in [5.41, 5.74) is 6.23. The van der Waals surface area contributed by atoms with Gasteiger partial charge in [0.1, 0.15) is 18.1 Å². The molecule has 1 aromatic rings. The Kier molecular flexibility index (Phi) is 13.1. The van der Waals surface area contributed by atoms with Crippen LogP contribution < -0.4 is 21.7 Å². The van der Waals surface area contributed by atoms with E-state index >= 15 is 0 Å². The molecule has 0 aliphatic heterocycles. The van der Waals surface area contributed by atoms with E-state index in [1.54, 1.807) is 6.26 Å². The molecule has 0 saturated heterocycles. The molecular formula is C19H30N6O7S2. The highest BCUT2D eigenvalue weighted by Gasteiger charge is 2.30. The van der Waals surface area contributed by atoms with E-state index in [-0.39, 0.29) is 31.4 Å². The fourth-order valence-electron chi connectivity index (χ4n) is 2.75. The lowest BCUT2D eigenvalue weighted by Gasteiger charge is -2.24. The molecule has 0 aromatic carbocycles. The van der Waals surface area contributed by atoms with Gasteiger partial charge in [-0.1, -0.05) is 0 Å². The maximum absolute atomic E-state index is 12.9. The number of nitrogens with zero attached hydrogens (tertiary/aromatic N) is 1. The van der Waals surface area contributed by atoms with Crippen molar-refractivity contribution in [3.63, 3.8) is 0 Å². The number of hydrogen-bond donors (Lipinski definition) is 8. The molecule has 0 spiro atoms. The highest BCUT2D eigenvalue weighted by atomic mass is 32.2. The highest BCUT2D eigenvalue weighted by Crippen LogP contribution is 2.05. The Labute approximate surface area is 205 Å². The zero-order valence-corrected chi connectivity index (χ0v) is 20.2. The fraction of sp³-hybridized carbons (Fsp3) is 0.579. The summed E-state index contributed by atoms with van der Waals surface area (Å²) in [6, 6.07) is -4.64. The van der Waals surface area contributed by atoms with E-state index in [4.69, 9.17) is 10.8 Å². The number of rotatable bonds is 16. The van der Waals surface area contributed by atoms with Crippen LogP contribution in [0, 0.1) is 0 Å². The number of thioether (sulfide) groups is 1. The first-order valence-corrected chi connectivity index (χ1v) is 12.3. The number of aromatic nitrogens is 2. The molecule has 3 amide bonds. The zero-order chi connectivity index (χ0) is 25.7. The van der Waals surface area contributed by atoms with Crippen LogP contribution in [0.25, 0.3) is 0 Å². The summed E-state index contributed by atoms with van der Waals surface area (Å²) in [7, 11) is 0. The molecule has 34 heavy (non-hydrogen) atoms. The predicted octanol–water partition coefficient (Wildman–Crippen LogP) is -1.63. The van der Waals surface area contributed by atoms with Crippen LogP contribution in [0.4, 0.5) is 0 Å². The van der Waals surface area contributed by atoms with Crippen molar-refractivity contribution < 1.29 is 34.2 Å². The van der Waals surface area contributed by atoms with E-state index in [0.29, 0.717) is 11.4 Å². The largest absolute Gasteiger partial charge is 0.481 e. The zero-order valence-electron chi connectivity index (χ0n) is 18.5. The van der Waals surface area contributed by atoms with Gasteiger partial charge >= 0.3 is 11.9 Å². The van der Waals surface area contributed by atoms with Gasteiger partial charge in [-0.15, -0.1) is 0 Å². The number of carboxylic acids is 2. The van der Waals surface area contributed by atoms with Gasteiger partial charge in [0.15, 0.2) is 0 Å². The monoisotopic (exact) mass is 518 g/mol. The van der Waals surface area contributed by atoms with E-state index in [9.17, 15) is 29.1 Å². The topological polar surface area (TPSA) is 217 Å². The lowest BCUT2D eigenvalue weighted by atomic mass is 10.1. The van der Waals surface area contributed by atoms with Crippen LogP contribution in [0.1, 0.15) is 25.0 Å². The Balaban J connectivity index is 2.89. The molecule has 0 fully saturated rings. The van der Waals surface area contributed by atoms with Gasteiger partial charge < -0.3 is 36.9 Å². The maximum atomic E-state index is 12.9. The van der Waals surface area contributed by atoms with Crippen LogP contribution in [0.2, 0.25) is 0 Å². The van der Waals surface area contributed by atoms with Gasteiger partial charge in [0.2, 0.25) is 17.7 Å². The van der Waals surface area contributed by atoms with Crippen molar-refractivity contribution in [2.45, 2.75) is 49.9 Å². The molecule has 0 bridgehead atoms. The Morgan fingerprint density at radius 1 is 1.06 bits per heavy atom. The third-order valence-electron chi connectivity index (χ3n) is 4.66. The summed E-state index contributed by atoms with van der Waals surface area (Å²) < 4.78 is 0. The summed E-state index contributed by atoms with van der Waals surface area (Å²) in [5, 5.41) is 25.4. The summed E-state index contributed by atoms with van der Waals surface area (Å²) in [5.74, 6) is -4.15. The average Bonchev–Trinajstić information content (AvgIpc) is 3.30. The number of amides is 3. The minimum Gasteiger partial charge on any atom is -0.481 e. The number of thiol groups is 1. The Bertz CT molecular complexity index is 839. The first-order chi connectivity index (χ1) is 16.1. The molecule has 13 nitrogen and oxygen atoms in total. The van der Waals surface area contributed by atoms with Gasteiger partial charge in [-0.25, -0.2) is 9.78 Å². The first-order valence-electron chi connectivity index (χ1n) is 10.3. The molecule has 190 valence electrons. The molecule has 0 aliphatic rings. The second-order valence-corrected chi connectivity index (χ2v) is 8.66. The molecular weight excluding hydrogens is 488 g/mol. The number of carbonyl (C=O) groups is 5. The van der Waals surface area contributed by atoms with Crippen LogP contribution in [0.15, 0.2) is 12.5 Å². The van der Waals surface area contributed by atoms with Gasteiger partial charge in [0.05, 0.1) is 12.4 Å². The van der Waals surface area contributed by atoms with E-state index in [1.165, 1.54) is 24.3 Å². The standard InChI is InChI=1S/C19H30N6O7S2/c1-34-5-4-12(19(31)32)23-18(30)14(8-33)25-17(29)13(6-10-7-21-9-22-10)24-16(28)11(20)2-3-15(26)27/h7,9,11-14,33H,2-6,8,20H2,1H3,(H,21,22)(H,23,30)(H,24,28)(H,25,29)(H,26,27)(H,31,32). The smallest absolute Gasteiger partial charge is 0.326 e. The van der Waals surface area contributed by atoms with Crippen LogP contribution in [0.5, 0.6) is 0 Å². The van der Waals surface area contributed by atoms with E-state index < -0.39 is 53.8 Å². The molecule has 0 radical (unpaired) electrons. The fourth-order valence-corrected chi connectivity index (χ4v) is 3.47. The molecule has 1 heterocycles. The maximum Gasteiger partial charge on any atom is 0.326 e. The van der Waals surface area contributed by atoms with Crippen molar-refractivity contribution in [2.75, 3.05) is 17.8 Å². The lowest BCUT2D eigenvalue weighted by molar-refractivity contribution is -0.142. The van der Waals surface area contributed by atoms with Gasteiger partial charge in [-0.2, -0.15) is 24.4 Å². The molecule has 0 aliphatic carbocycles. The number of carboxylic acid groups (broad SMARTS) is 2. The highest BCUT2D eigenvalue weighted by molar-refractivity contribution is 7.98. The summed E-state index contributed by atoms with van der Waals surface area (Å²) in [6.07, 6.45) is 4.36. The SMILES string of the molecule is CSCCC(NC(=O)C(CS)NC(=O)C(Cc1cnc[nH]1)NC(=O)C(N)CCC(=O)O)C(=O)O. The molecule has 0 saturated carbocycles. The van der Waals surface area contributed by atoms with Gasteiger partial charge in [0.25, 0.3) is 0 Å². The summed E-state index contributed by atoms with van der Waals surface area (Å²) in [6.45, 7) is 0. The Morgan fingerprint density at radius 2 is 1.68 bits per heavy atom. The molecule has 15 heteroatoms. The number of H-pyrrole nitrogens is 1. The summed E-state index contributed by atoms with van der Waals surface area (Å²) in [4.78, 5) is 66.7. The first kappa shape index (κ1) is 29.3.